The second-order valence-corrected chi connectivity index (χ2v) is 5.60. The van der Waals surface area contributed by atoms with Crippen LogP contribution in [0.2, 0.25) is 0 Å². The molecular formula is C14H24O3. The number of carbonyl (C=O) groups excluding carboxylic acids is 1. The van der Waals surface area contributed by atoms with Gasteiger partial charge in [-0.2, -0.15) is 0 Å². The average Bonchev–Trinajstić information content (AvgIpc) is 2.81. The molecule has 3 heteroatoms. The van der Waals surface area contributed by atoms with Crippen LogP contribution in [-0.2, 0) is 9.53 Å². The predicted molar refractivity (Wildman–Crippen MR) is 65.6 cm³/mol. The summed E-state index contributed by atoms with van der Waals surface area (Å²) in [6, 6.07) is 0. The summed E-state index contributed by atoms with van der Waals surface area (Å²) in [4.78, 5) is 12.3. The number of hydrogen-bond acceptors (Lipinski definition) is 3. The Kier molecular flexibility index (Phi) is 3.76. The molecule has 1 N–H and O–H groups in total. The van der Waals surface area contributed by atoms with Crippen molar-refractivity contribution in [2.75, 3.05) is 6.61 Å². The molecule has 0 aromatic rings. The highest BCUT2D eigenvalue weighted by Gasteiger charge is 2.57. The lowest BCUT2D eigenvalue weighted by Crippen LogP contribution is -2.53. The van der Waals surface area contributed by atoms with E-state index in [9.17, 15) is 9.90 Å². The van der Waals surface area contributed by atoms with Gasteiger partial charge >= 0.3 is 5.97 Å². The lowest BCUT2D eigenvalue weighted by Gasteiger charge is -2.45. The zero-order chi connectivity index (χ0) is 12.4. The first kappa shape index (κ1) is 12.9. The van der Waals surface area contributed by atoms with E-state index in [-0.39, 0.29) is 5.97 Å². The molecule has 2 saturated carbocycles. The van der Waals surface area contributed by atoms with Gasteiger partial charge in [0, 0.05) is 0 Å². The summed E-state index contributed by atoms with van der Waals surface area (Å²) >= 11 is 0. The quantitative estimate of drug-likeness (QED) is 0.772. The van der Waals surface area contributed by atoms with Crippen molar-refractivity contribution in [1.82, 2.24) is 0 Å². The molecule has 0 aromatic heterocycles. The number of aliphatic hydroxyl groups is 1. The maximum absolute atomic E-state index is 12.3. The van der Waals surface area contributed by atoms with Crippen LogP contribution < -0.4 is 0 Å². The van der Waals surface area contributed by atoms with Gasteiger partial charge in [0.2, 0.25) is 0 Å². The Morgan fingerprint density at radius 2 is 1.59 bits per heavy atom. The molecule has 0 aromatic carbocycles. The Balaban J connectivity index is 2.23. The predicted octanol–water partition coefficient (Wildman–Crippen LogP) is 2.81. The molecular weight excluding hydrogens is 216 g/mol. The third-order valence-electron chi connectivity index (χ3n) is 4.69. The molecule has 0 unspecified atom stereocenters. The van der Waals surface area contributed by atoms with Crippen molar-refractivity contribution in [3.8, 4) is 0 Å². The molecule has 2 aliphatic rings. The molecule has 0 spiro atoms. The molecule has 0 aliphatic heterocycles. The van der Waals surface area contributed by atoms with Crippen molar-refractivity contribution in [2.45, 2.75) is 70.3 Å². The largest absolute Gasteiger partial charge is 0.465 e. The summed E-state index contributed by atoms with van der Waals surface area (Å²) in [6.07, 6.45) is 8.50. The second kappa shape index (κ2) is 4.97. The maximum Gasteiger partial charge on any atom is 0.314 e. The van der Waals surface area contributed by atoms with E-state index in [1.54, 1.807) is 0 Å². The Morgan fingerprint density at radius 1 is 1.06 bits per heavy atom. The first-order valence-corrected chi connectivity index (χ1v) is 7.04. The second-order valence-electron chi connectivity index (χ2n) is 5.60. The molecule has 3 nitrogen and oxygen atoms in total. The van der Waals surface area contributed by atoms with E-state index in [0.29, 0.717) is 6.61 Å². The van der Waals surface area contributed by atoms with Gasteiger partial charge in [-0.15, -0.1) is 0 Å². The van der Waals surface area contributed by atoms with Gasteiger partial charge in [-0.1, -0.05) is 32.1 Å². The summed E-state index contributed by atoms with van der Waals surface area (Å²) < 4.78 is 5.25. The van der Waals surface area contributed by atoms with Crippen molar-refractivity contribution < 1.29 is 14.6 Å². The zero-order valence-corrected chi connectivity index (χ0v) is 10.8. The first-order valence-electron chi connectivity index (χ1n) is 7.04. The van der Waals surface area contributed by atoms with Crippen molar-refractivity contribution in [2.24, 2.45) is 5.41 Å². The molecule has 0 atom stereocenters. The topological polar surface area (TPSA) is 46.5 Å². The van der Waals surface area contributed by atoms with Gasteiger partial charge in [0.05, 0.1) is 17.6 Å². The van der Waals surface area contributed by atoms with E-state index in [2.05, 4.69) is 0 Å². The van der Waals surface area contributed by atoms with Crippen LogP contribution >= 0.6 is 0 Å². The Morgan fingerprint density at radius 3 is 2.12 bits per heavy atom. The van der Waals surface area contributed by atoms with Gasteiger partial charge in [-0.3, -0.25) is 4.79 Å². The molecule has 0 bridgehead atoms. The highest BCUT2D eigenvalue weighted by atomic mass is 16.5. The Hall–Kier alpha value is -0.570. The standard InChI is InChI=1S/C14H24O3/c1-2-17-12(15)13(8-6-7-9-13)14(16)10-4-3-5-11-14/h16H,2-11H2,1H3. The van der Waals surface area contributed by atoms with Gasteiger partial charge in [-0.05, 0) is 32.6 Å². The highest BCUT2D eigenvalue weighted by molar-refractivity contribution is 5.79. The molecule has 0 amide bonds. The van der Waals surface area contributed by atoms with Gasteiger partial charge in [-0.25, -0.2) is 0 Å². The molecule has 17 heavy (non-hydrogen) atoms. The normalized spacial score (nSPS) is 26.7. The Labute approximate surface area is 104 Å². The fourth-order valence-corrected chi connectivity index (χ4v) is 3.72. The number of ether oxygens (including phenoxy) is 1. The lowest BCUT2D eigenvalue weighted by atomic mass is 9.64. The summed E-state index contributed by atoms with van der Waals surface area (Å²) in [6.45, 7) is 2.25. The number of hydrogen-bond donors (Lipinski definition) is 1. The molecule has 2 fully saturated rings. The first-order chi connectivity index (χ1) is 8.15. The van der Waals surface area contributed by atoms with Gasteiger partial charge < -0.3 is 9.84 Å². The molecule has 0 heterocycles. The van der Waals surface area contributed by atoms with E-state index in [1.165, 1.54) is 6.42 Å². The monoisotopic (exact) mass is 240 g/mol. The lowest BCUT2D eigenvalue weighted by molar-refractivity contribution is -0.180. The fourth-order valence-electron chi connectivity index (χ4n) is 3.72. The summed E-state index contributed by atoms with van der Waals surface area (Å²) in [5, 5.41) is 10.9. The van der Waals surface area contributed by atoms with Crippen molar-refractivity contribution in [3.63, 3.8) is 0 Å². The number of carbonyl (C=O) groups is 1. The summed E-state index contributed by atoms with van der Waals surface area (Å²) in [5.41, 5.74) is -1.39. The van der Waals surface area contributed by atoms with Crippen LogP contribution in [0, 0.1) is 5.41 Å². The van der Waals surface area contributed by atoms with E-state index >= 15 is 0 Å². The molecule has 98 valence electrons. The van der Waals surface area contributed by atoms with Crippen LogP contribution in [-0.4, -0.2) is 23.3 Å². The van der Waals surface area contributed by atoms with Crippen LogP contribution in [0.1, 0.15) is 64.7 Å². The molecule has 0 saturated heterocycles. The fraction of sp³-hybridized carbons (Fsp3) is 0.929. The Bertz CT molecular complexity index is 273. The van der Waals surface area contributed by atoms with Crippen LogP contribution in [0.3, 0.4) is 0 Å². The third-order valence-corrected chi connectivity index (χ3v) is 4.69. The molecule has 0 radical (unpaired) electrons. The van der Waals surface area contributed by atoms with Gasteiger partial charge in [0.15, 0.2) is 0 Å². The van der Waals surface area contributed by atoms with Gasteiger partial charge in [0.25, 0.3) is 0 Å². The van der Waals surface area contributed by atoms with Crippen molar-refractivity contribution >= 4 is 5.97 Å². The summed E-state index contributed by atoms with van der Waals surface area (Å²) in [5.74, 6) is -0.151. The smallest absolute Gasteiger partial charge is 0.314 e. The third kappa shape index (κ3) is 2.10. The number of esters is 1. The van der Waals surface area contributed by atoms with Crippen LogP contribution in [0.15, 0.2) is 0 Å². The van der Waals surface area contributed by atoms with E-state index < -0.39 is 11.0 Å². The van der Waals surface area contributed by atoms with Crippen LogP contribution in [0.5, 0.6) is 0 Å². The van der Waals surface area contributed by atoms with Crippen molar-refractivity contribution in [1.29, 1.82) is 0 Å². The summed E-state index contributed by atoms with van der Waals surface area (Å²) in [7, 11) is 0. The zero-order valence-electron chi connectivity index (χ0n) is 10.8. The van der Waals surface area contributed by atoms with Gasteiger partial charge in [0.1, 0.15) is 0 Å². The van der Waals surface area contributed by atoms with Crippen molar-refractivity contribution in [3.05, 3.63) is 0 Å². The average molecular weight is 240 g/mol. The van der Waals surface area contributed by atoms with E-state index in [4.69, 9.17) is 4.74 Å². The SMILES string of the molecule is CCOC(=O)C1(C2(O)CCCCC2)CCCC1. The van der Waals surface area contributed by atoms with E-state index in [0.717, 1.165) is 51.4 Å². The molecule has 2 rings (SSSR count). The van der Waals surface area contributed by atoms with Crippen LogP contribution in [0.25, 0.3) is 0 Å². The maximum atomic E-state index is 12.3. The minimum atomic E-state index is -0.798. The minimum Gasteiger partial charge on any atom is -0.465 e. The van der Waals surface area contributed by atoms with E-state index in [1.807, 2.05) is 6.92 Å². The van der Waals surface area contributed by atoms with Crippen LogP contribution in [0.4, 0.5) is 0 Å². The molecule has 2 aliphatic carbocycles. The number of rotatable bonds is 3. The highest BCUT2D eigenvalue weighted by Crippen LogP contribution is 2.53. The minimum absolute atomic E-state index is 0.151.